The molecule has 0 bridgehead atoms. The zero-order chi connectivity index (χ0) is 14.8. The Labute approximate surface area is 126 Å². The highest BCUT2D eigenvalue weighted by molar-refractivity contribution is 7.91. The van der Waals surface area contributed by atoms with Crippen molar-refractivity contribution in [3.05, 3.63) is 17.0 Å². The van der Waals surface area contributed by atoms with E-state index in [9.17, 15) is 8.42 Å². The van der Waals surface area contributed by atoms with Crippen LogP contribution in [-0.4, -0.2) is 31.4 Å². The minimum absolute atomic E-state index is 0.0418. The molecule has 0 saturated heterocycles. The number of nitrogens with zero attached hydrogens (tertiary/aromatic N) is 1. The summed E-state index contributed by atoms with van der Waals surface area (Å²) in [4.78, 5) is 1.09. The lowest BCUT2D eigenvalue weighted by Gasteiger charge is -2.25. The molecule has 1 aliphatic carbocycles. The molecule has 114 valence electrons. The molecule has 1 aromatic rings. The van der Waals surface area contributed by atoms with E-state index in [0.717, 1.165) is 17.8 Å². The zero-order valence-corrected chi connectivity index (χ0v) is 14.1. The molecule has 1 aromatic heterocycles. The van der Waals surface area contributed by atoms with E-state index in [1.54, 1.807) is 10.4 Å². The third-order valence-corrected chi connectivity index (χ3v) is 7.38. The summed E-state index contributed by atoms with van der Waals surface area (Å²) in [5, 5.41) is 3.42. The van der Waals surface area contributed by atoms with Crippen LogP contribution in [0, 0.1) is 0 Å². The monoisotopic (exact) mass is 316 g/mol. The van der Waals surface area contributed by atoms with E-state index in [4.69, 9.17) is 0 Å². The fourth-order valence-electron chi connectivity index (χ4n) is 2.16. The largest absolute Gasteiger partial charge is 0.309 e. The first kappa shape index (κ1) is 15.9. The predicted octanol–water partition coefficient (Wildman–Crippen LogP) is 2.81. The highest BCUT2D eigenvalue weighted by Gasteiger charge is 2.28. The molecular formula is C14H24N2O2S2. The van der Waals surface area contributed by atoms with Gasteiger partial charge in [-0.05, 0) is 38.3 Å². The van der Waals surface area contributed by atoms with Crippen molar-refractivity contribution >= 4 is 21.4 Å². The average Bonchev–Trinajstić information content (AvgIpc) is 3.12. The van der Waals surface area contributed by atoms with E-state index in [-0.39, 0.29) is 6.04 Å². The summed E-state index contributed by atoms with van der Waals surface area (Å²) in [6, 6.07) is 4.36. The van der Waals surface area contributed by atoms with Crippen molar-refractivity contribution in [2.24, 2.45) is 0 Å². The predicted molar refractivity (Wildman–Crippen MR) is 83.5 cm³/mol. The van der Waals surface area contributed by atoms with Gasteiger partial charge in [-0.1, -0.05) is 13.8 Å². The van der Waals surface area contributed by atoms with Crippen LogP contribution in [0.5, 0.6) is 0 Å². The molecule has 0 aromatic carbocycles. The van der Waals surface area contributed by atoms with Gasteiger partial charge >= 0.3 is 0 Å². The summed E-state index contributed by atoms with van der Waals surface area (Å²) in [6.45, 7) is 7.17. The van der Waals surface area contributed by atoms with Crippen molar-refractivity contribution < 1.29 is 8.42 Å². The van der Waals surface area contributed by atoms with Crippen molar-refractivity contribution in [1.82, 2.24) is 9.62 Å². The summed E-state index contributed by atoms with van der Waals surface area (Å²) >= 11 is 1.39. The second-order valence-corrected chi connectivity index (χ2v) is 8.63. The quantitative estimate of drug-likeness (QED) is 0.802. The maximum absolute atomic E-state index is 12.6. The highest BCUT2D eigenvalue weighted by Crippen LogP contribution is 2.27. The maximum Gasteiger partial charge on any atom is 0.252 e. The summed E-state index contributed by atoms with van der Waals surface area (Å²) in [5.74, 6) is 0. The smallest absolute Gasteiger partial charge is 0.252 e. The molecule has 2 rings (SSSR count). The van der Waals surface area contributed by atoms with E-state index in [0.29, 0.717) is 16.8 Å². The summed E-state index contributed by atoms with van der Waals surface area (Å²) in [6.07, 6.45) is 3.32. The average molecular weight is 316 g/mol. The molecule has 1 aliphatic rings. The molecule has 1 unspecified atom stereocenters. The van der Waals surface area contributed by atoms with Gasteiger partial charge in [-0.25, -0.2) is 8.42 Å². The lowest BCUT2D eigenvalue weighted by molar-refractivity contribution is 0.343. The number of hydrogen-bond donors (Lipinski definition) is 1. The van der Waals surface area contributed by atoms with Crippen LogP contribution in [0.3, 0.4) is 0 Å². The lowest BCUT2D eigenvalue weighted by Crippen LogP contribution is -2.37. The van der Waals surface area contributed by atoms with Crippen LogP contribution in [0.15, 0.2) is 16.3 Å². The Kier molecular flexibility index (Phi) is 5.23. The third-order valence-electron chi connectivity index (χ3n) is 3.74. The van der Waals surface area contributed by atoms with Crippen LogP contribution >= 0.6 is 11.3 Å². The van der Waals surface area contributed by atoms with Crippen LogP contribution in [-0.2, 0) is 16.6 Å². The Morgan fingerprint density at radius 1 is 1.40 bits per heavy atom. The molecule has 20 heavy (non-hydrogen) atoms. The first-order valence-electron chi connectivity index (χ1n) is 7.33. The summed E-state index contributed by atoms with van der Waals surface area (Å²) < 4.78 is 27.3. The van der Waals surface area contributed by atoms with Crippen molar-refractivity contribution in [3.63, 3.8) is 0 Å². The van der Waals surface area contributed by atoms with Gasteiger partial charge in [0.2, 0.25) is 0 Å². The highest BCUT2D eigenvalue weighted by atomic mass is 32.2. The number of nitrogens with one attached hydrogen (secondary N) is 1. The second-order valence-electron chi connectivity index (χ2n) is 5.34. The van der Waals surface area contributed by atoms with Gasteiger partial charge in [-0.2, -0.15) is 4.31 Å². The molecular weight excluding hydrogens is 292 g/mol. The van der Waals surface area contributed by atoms with Gasteiger partial charge in [0.15, 0.2) is 0 Å². The molecule has 1 saturated carbocycles. The Hall–Kier alpha value is -0.430. The van der Waals surface area contributed by atoms with Crippen LogP contribution in [0.4, 0.5) is 0 Å². The van der Waals surface area contributed by atoms with Gasteiger partial charge in [-0.3, -0.25) is 0 Å². The van der Waals surface area contributed by atoms with E-state index in [1.807, 2.05) is 26.8 Å². The fourth-order valence-corrected chi connectivity index (χ4v) is 5.31. The van der Waals surface area contributed by atoms with E-state index < -0.39 is 10.0 Å². The van der Waals surface area contributed by atoms with E-state index >= 15 is 0 Å². The molecule has 0 amide bonds. The van der Waals surface area contributed by atoms with Crippen molar-refractivity contribution in [2.75, 3.05) is 6.54 Å². The number of hydrogen-bond acceptors (Lipinski definition) is 4. The normalized spacial score (nSPS) is 17.6. The molecule has 0 radical (unpaired) electrons. The van der Waals surface area contributed by atoms with Gasteiger partial charge < -0.3 is 5.32 Å². The zero-order valence-electron chi connectivity index (χ0n) is 12.4. The Bertz CT molecular complexity index is 535. The second kappa shape index (κ2) is 6.56. The summed E-state index contributed by atoms with van der Waals surface area (Å²) in [5.41, 5.74) is 0. The molecule has 0 aliphatic heterocycles. The number of thiophene rings is 1. The minimum atomic E-state index is -3.34. The molecule has 4 nitrogen and oxygen atoms in total. The van der Waals surface area contributed by atoms with Gasteiger partial charge in [-0.15, -0.1) is 11.3 Å². The molecule has 1 atom stereocenters. The van der Waals surface area contributed by atoms with Crippen molar-refractivity contribution in [2.45, 2.75) is 62.9 Å². The SMILES string of the molecule is CCC(C)N(CC)S(=O)(=O)c1ccc(CNC2CC2)s1. The van der Waals surface area contributed by atoms with Gasteiger partial charge in [0.05, 0.1) is 0 Å². The molecule has 6 heteroatoms. The van der Waals surface area contributed by atoms with Crippen LogP contribution in [0.25, 0.3) is 0 Å². The third kappa shape index (κ3) is 3.61. The molecule has 1 N–H and O–H groups in total. The Morgan fingerprint density at radius 2 is 2.10 bits per heavy atom. The molecule has 1 fully saturated rings. The van der Waals surface area contributed by atoms with Gasteiger partial charge in [0.25, 0.3) is 10.0 Å². The van der Waals surface area contributed by atoms with Crippen molar-refractivity contribution in [3.8, 4) is 0 Å². The lowest BCUT2D eigenvalue weighted by atomic mass is 10.3. The number of rotatable bonds is 8. The maximum atomic E-state index is 12.6. The molecule has 0 spiro atoms. The first-order valence-corrected chi connectivity index (χ1v) is 9.58. The topological polar surface area (TPSA) is 49.4 Å². The Balaban J connectivity index is 2.11. The minimum Gasteiger partial charge on any atom is -0.309 e. The van der Waals surface area contributed by atoms with Crippen molar-refractivity contribution in [1.29, 1.82) is 0 Å². The fraction of sp³-hybridized carbons (Fsp3) is 0.714. The Morgan fingerprint density at radius 3 is 2.65 bits per heavy atom. The summed E-state index contributed by atoms with van der Waals surface area (Å²) in [7, 11) is -3.34. The van der Waals surface area contributed by atoms with Gasteiger partial charge in [0, 0.05) is 30.1 Å². The van der Waals surface area contributed by atoms with Crippen LogP contribution < -0.4 is 5.32 Å². The molecule has 1 heterocycles. The van der Waals surface area contributed by atoms with Gasteiger partial charge in [0.1, 0.15) is 4.21 Å². The standard InChI is InChI=1S/C14H24N2O2S2/c1-4-11(3)16(5-2)20(17,18)14-9-8-13(19-14)10-15-12-6-7-12/h8-9,11-12,15H,4-7,10H2,1-3H3. The van der Waals surface area contributed by atoms with Crippen LogP contribution in [0.2, 0.25) is 0 Å². The van der Waals surface area contributed by atoms with E-state index in [2.05, 4.69) is 5.32 Å². The number of sulfonamides is 1. The van der Waals surface area contributed by atoms with E-state index in [1.165, 1.54) is 24.2 Å². The first-order chi connectivity index (χ1) is 9.48. The van der Waals surface area contributed by atoms with Crippen LogP contribution in [0.1, 0.15) is 44.9 Å².